The van der Waals surface area contributed by atoms with Crippen molar-refractivity contribution in [3.05, 3.63) is 35.4 Å². The molecule has 0 bridgehead atoms. The first-order chi connectivity index (χ1) is 9.49. The molecule has 1 aliphatic rings. The fraction of sp³-hybridized carbons (Fsp3) is 0.667. The molecule has 1 aromatic carbocycles. The predicted molar refractivity (Wildman–Crippen MR) is 91.7 cm³/mol. The fourth-order valence-electron chi connectivity index (χ4n) is 2.62. The van der Waals surface area contributed by atoms with Crippen LogP contribution in [0.4, 0.5) is 0 Å². The van der Waals surface area contributed by atoms with Crippen LogP contribution in [0.3, 0.4) is 0 Å². The maximum atomic E-state index is 3.65. The van der Waals surface area contributed by atoms with Crippen LogP contribution in [0, 0.1) is 0 Å². The highest BCUT2D eigenvalue weighted by Crippen LogP contribution is 2.37. The van der Waals surface area contributed by atoms with Crippen LogP contribution in [0.5, 0.6) is 0 Å². The highest BCUT2D eigenvalue weighted by molar-refractivity contribution is 8.00. The van der Waals surface area contributed by atoms with Gasteiger partial charge in [0.05, 0.1) is 0 Å². The molecule has 0 saturated heterocycles. The van der Waals surface area contributed by atoms with Gasteiger partial charge in [0, 0.05) is 16.5 Å². The third-order valence-electron chi connectivity index (χ3n) is 4.02. The van der Waals surface area contributed by atoms with Crippen molar-refractivity contribution in [2.24, 2.45) is 0 Å². The molecule has 0 spiro atoms. The molecule has 2 rings (SSSR count). The molecule has 1 N–H and O–H groups in total. The van der Waals surface area contributed by atoms with E-state index in [1.165, 1.54) is 24.8 Å². The molecule has 0 aromatic heterocycles. The molecule has 2 heteroatoms. The lowest BCUT2D eigenvalue weighted by Crippen LogP contribution is -2.25. The van der Waals surface area contributed by atoms with Crippen molar-refractivity contribution in [3.63, 3.8) is 0 Å². The lowest BCUT2D eigenvalue weighted by Gasteiger charge is -2.28. The van der Waals surface area contributed by atoms with Gasteiger partial charge < -0.3 is 5.32 Å². The van der Waals surface area contributed by atoms with E-state index in [0.717, 1.165) is 18.2 Å². The van der Waals surface area contributed by atoms with E-state index >= 15 is 0 Å². The van der Waals surface area contributed by atoms with Crippen LogP contribution in [0.2, 0.25) is 0 Å². The Morgan fingerprint density at radius 1 is 1.30 bits per heavy atom. The molecule has 1 saturated carbocycles. The molecule has 0 aliphatic heterocycles. The predicted octanol–water partition coefficient (Wildman–Crippen LogP) is 5.14. The summed E-state index contributed by atoms with van der Waals surface area (Å²) in [4.78, 5) is 0. The van der Waals surface area contributed by atoms with Crippen molar-refractivity contribution in [2.75, 3.05) is 12.3 Å². The van der Waals surface area contributed by atoms with Crippen LogP contribution in [0.15, 0.2) is 24.3 Å². The van der Waals surface area contributed by atoms with Gasteiger partial charge in [-0.05, 0) is 36.4 Å². The molecule has 0 radical (unpaired) electrons. The Morgan fingerprint density at radius 2 is 2.05 bits per heavy atom. The zero-order chi connectivity index (χ0) is 14.6. The summed E-state index contributed by atoms with van der Waals surface area (Å²) in [6.45, 7) is 10.1. The van der Waals surface area contributed by atoms with E-state index in [4.69, 9.17) is 0 Å². The lowest BCUT2D eigenvalue weighted by molar-refractivity contribution is 0.419. The number of nitrogens with one attached hydrogen (secondary N) is 1. The summed E-state index contributed by atoms with van der Waals surface area (Å²) in [6, 6.07) is 9.77. The summed E-state index contributed by atoms with van der Waals surface area (Å²) >= 11 is 2.05. The van der Waals surface area contributed by atoms with E-state index in [1.54, 1.807) is 5.56 Å². The molecular formula is C18H29NS. The third kappa shape index (κ3) is 4.53. The monoisotopic (exact) mass is 291 g/mol. The molecule has 1 fully saturated rings. The minimum absolute atomic E-state index is 0.333. The van der Waals surface area contributed by atoms with Crippen molar-refractivity contribution < 1.29 is 0 Å². The minimum Gasteiger partial charge on any atom is -0.310 e. The summed E-state index contributed by atoms with van der Waals surface area (Å²) in [5, 5.41) is 3.65. The molecular weight excluding hydrogens is 262 g/mol. The summed E-state index contributed by atoms with van der Waals surface area (Å²) in [5.74, 6) is 1.97. The second kappa shape index (κ2) is 7.00. The van der Waals surface area contributed by atoms with Crippen LogP contribution < -0.4 is 5.32 Å². The molecule has 1 aromatic rings. The Labute approximate surface area is 128 Å². The van der Waals surface area contributed by atoms with Crippen molar-refractivity contribution in [3.8, 4) is 0 Å². The first-order valence-corrected chi connectivity index (χ1v) is 8.95. The van der Waals surface area contributed by atoms with E-state index in [1.807, 2.05) is 11.8 Å². The summed E-state index contributed by atoms with van der Waals surface area (Å²) in [7, 11) is 0. The molecule has 0 heterocycles. The van der Waals surface area contributed by atoms with Gasteiger partial charge in [-0.15, -0.1) is 0 Å². The molecule has 1 unspecified atom stereocenters. The van der Waals surface area contributed by atoms with Gasteiger partial charge in [-0.25, -0.2) is 0 Å². The highest BCUT2D eigenvalue weighted by atomic mass is 32.2. The van der Waals surface area contributed by atoms with E-state index in [0.29, 0.717) is 10.8 Å². The zero-order valence-electron chi connectivity index (χ0n) is 13.4. The van der Waals surface area contributed by atoms with Gasteiger partial charge in [0.2, 0.25) is 0 Å². The average molecular weight is 292 g/mol. The summed E-state index contributed by atoms with van der Waals surface area (Å²) < 4.78 is 0.333. The van der Waals surface area contributed by atoms with Crippen molar-refractivity contribution >= 4 is 11.8 Å². The van der Waals surface area contributed by atoms with E-state index in [-0.39, 0.29) is 0 Å². The molecule has 1 atom stereocenters. The van der Waals surface area contributed by atoms with Gasteiger partial charge >= 0.3 is 0 Å². The second-order valence-corrected chi connectivity index (χ2v) is 8.68. The van der Waals surface area contributed by atoms with Crippen LogP contribution in [0.1, 0.15) is 70.0 Å². The second-order valence-electron chi connectivity index (χ2n) is 6.83. The minimum atomic E-state index is 0.333. The van der Waals surface area contributed by atoms with E-state index in [9.17, 15) is 0 Å². The number of hydrogen-bond acceptors (Lipinski definition) is 2. The van der Waals surface area contributed by atoms with Crippen LogP contribution in [0.25, 0.3) is 0 Å². The summed E-state index contributed by atoms with van der Waals surface area (Å²) in [6.07, 6.45) is 4.17. The van der Waals surface area contributed by atoms with Crippen molar-refractivity contribution in [1.29, 1.82) is 0 Å². The number of thioether (sulfide) groups is 1. The van der Waals surface area contributed by atoms with Crippen LogP contribution in [-0.4, -0.2) is 17.0 Å². The molecule has 1 aliphatic carbocycles. The maximum absolute atomic E-state index is 3.65. The summed E-state index contributed by atoms with van der Waals surface area (Å²) in [5.41, 5.74) is 3.02. The van der Waals surface area contributed by atoms with Crippen LogP contribution >= 0.6 is 11.8 Å². The lowest BCUT2D eigenvalue weighted by atomic mass is 9.79. The molecule has 1 nitrogen and oxygen atoms in total. The normalized spacial score (nSPS) is 17.8. The Hall–Kier alpha value is -0.470. The number of hydrogen-bond donors (Lipinski definition) is 1. The smallest absolute Gasteiger partial charge is 0.0412 e. The van der Waals surface area contributed by atoms with Gasteiger partial charge in [-0.2, -0.15) is 11.8 Å². The van der Waals surface area contributed by atoms with Gasteiger partial charge in [-0.1, -0.05) is 58.4 Å². The van der Waals surface area contributed by atoms with Gasteiger partial charge in [-0.3, -0.25) is 0 Å². The first kappa shape index (κ1) is 15.9. The fourth-order valence-corrected chi connectivity index (χ4v) is 3.60. The van der Waals surface area contributed by atoms with Crippen LogP contribution in [-0.2, 0) is 0 Å². The molecule has 0 amide bonds. The SMILES string of the molecule is CCNC(CSC(C)(C)C)c1cccc(C2CCC2)c1. The Bertz CT molecular complexity index is 418. The third-order valence-corrected chi connectivity index (χ3v) is 5.39. The number of benzene rings is 1. The van der Waals surface area contributed by atoms with E-state index in [2.05, 4.69) is 57.3 Å². The molecule has 20 heavy (non-hydrogen) atoms. The quantitative estimate of drug-likeness (QED) is 0.779. The maximum Gasteiger partial charge on any atom is 0.0412 e. The van der Waals surface area contributed by atoms with Gasteiger partial charge in [0.25, 0.3) is 0 Å². The first-order valence-electron chi connectivity index (χ1n) is 7.97. The largest absolute Gasteiger partial charge is 0.310 e. The van der Waals surface area contributed by atoms with Gasteiger partial charge in [0.1, 0.15) is 0 Å². The standard InChI is InChI=1S/C18H29NS/c1-5-19-17(13-20-18(2,3)4)16-11-7-10-15(12-16)14-8-6-9-14/h7,10-12,14,17,19H,5-6,8-9,13H2,1-4H3. The topological polar surface area (TPSA) is 12.0 Å². The average Bonchev–Trinajstić information content (AvgIpc) is 2.31. The Morgan fingerprint density at radius 3 is 2.60 bits per heavy atom. The Balaban J connectivity index is 2.07. The van der Waals surface area contributed by atoms with Crippen molar-refractivity contribution in [1.82, 2.24) is 5.32 Å². The molecule has 112 valence electrons. The van der Waals surface area contributed by atoms with Gasteiger partial charge in [0.15, 0.2) is 0 Å². The number of rotatable bonds is 6. The zero-order valence-corrected chi connectivity index (χ0v) is 14.2. The highest BCUT2D eigenvalue weighted by Gasteiger charge is 2.21. The van der Waals surface area contributed by atoms with E-state index < -0.39 is 0 Å². The Kier molecular flexibility index (Phi) is 5.57. The van der Waals surface area contributed by atoms with Crippen molar-refractivity contribution in [2.45, 2.75) is 63.7 Å².